The van der Waals surface area contributed by atoms with Crippen molar-refractivity contribution < 1.29 is 27.2 Å². The Morgan fingerprint density at radius 3 is 2.00 bits per heavy atom. The van der Waals surface area contributed by atoms with Crippen LogP contribution in [0.4, 0.5) is 0 Å². The molecule has 5 aliphatic rings. The molecule has 4 unspecified atom stereocenters. The predicted molar refractivity (Wildman–Crippen MR) is 96.9 cm³/mol. The quantitative estimate of drug-likeness (QED) is 0.476. The van der Waals surface area contributed by atoms with Crippen LogP contribution in [0.5, 0.6) is 0 Å². The van der Waals surface area contributed by atoms with Crippen LogP contribution in [0.25, 0.3) is 0 Å². The first-order chi connectivity index (χ1) is 11.9. The monoisotopic (exact) mass is 392 g/mol. The molecule has 0 spiro atoms. The highest BCUT2D eigenvalue weighted by molar-refractivity contribution is 7.59. The van der Waals surface area contributed by atoms with Crippen molar-refractivity contribution in [3.63, 3.8) is 0 Å². The van der Waals surface area contributed by atoms with Crippen molar-refractivity contribution in [2.45, 2.75) is 52.1 Å². The van der Waals surface area contributed by atoms with Crippen LogP contribution in [0.2, 0.25) is 0 Å². The van der Waals surface area contributed by atoms with Crippen LogP contribution in [0.1, 0.15) is 47.0 Å². The summed E-state index contributed by atoms with van der Waals surface area (Å²) in [5, 5.41) is 0.148. The summed E-state index contributed by atoms with van der Waals surface area (Å²) in [5.41, 5.74) is 0. The lowest BCUT2D eigenvalue weighted by Crippen LogP contribution is -2.62. The molecule has 0 N–H and O–H groups in total. The Hall–Kier alpha value is 0.0400. The van der Waals surface area contributed by atoms with E-state index in [4.69, 9.17) is 18.1 Å². The maximum absolute atomic E-state index is 13.7. The van der Waals surface area contributed by atoms with Gasteiger partial charge in [-0.15, -0.1) is 0 Å². The first kappa shape index (κ1) is 19.8. The molecule has 6 nitrogen and oxygen atoms in total. The molecule has 0 aromatic carbocycles. The van der Waals surface area contributed by atoms with Crippen LogP contribution in [-0.4, -0.2) is 31.6 Å². The number of rotatable bonds is 10. The van der Waals surface area contributed by atoms with Crippen LogP contribution < -0.4 is 0 Å². The van der Waals surface area contributed by atoms with E-state index in [-0.39, 0.29) is 11.8 Å². The number of hydrogen-bond donors (Lipinski definition) is 0. The van der Waals surface area contributed by atoms with Gasteiger partial charge in [-0.3, -0.25) is 9.13 Å². The molecule has 25 heavy (non-hydrogen) atoms. The third-order valence-corrected chi connectivity index (χ3v) is 10.9. The molecule has 0 radical (unpaired) electrons. The Morgan fingerprint density at radius 2 is 1.52 bits per heavy atom. The maximum atomic E-state index is 13.7. The molecule has 0 heterocycles. The number of allylic oxidation sites excluding steroid dienone is 2. The third-order valence-electron chi connectivity index (χ3n) is 5.67. The molecule has 5 aliphatic carbocycles. The van der Waals surface area contributed by atoms with Gasteiger partial charge in [0.1, 0.15) is 0 Å². The van der Waals surface area contributed by atoms with Crippen molar-refractivity contribution in [2.24, 2.45) is 17.8 Å². The average Bonchev–Trinajstić information content (AvgIpc) is 2.55. The molecular formula is C17H30O6P2. The van der Waals surface area contributed by atoms with Crippen LogP contribution in [0, 0.1) is 17.8 Å². The average molecular weight is 392 g/mol. The molecule has 0 aromatic rings. The third kappa shape index (κ3) is 2.94. The minimum absolute atomic E-state index is 0.0923. The fraction of sp³-hybridized carbons (Fsp3) is 0.882. The van der Waals surface area contributed by atoms with Gasteiger partial charge in [0, 0.05) is 11.2 Å². The van der Waals surface area contributed by atoms with Gasteiger partial charge in [0.05, 0.1) is 31.6 Å². The van der Waals surface area contributed by atoms with Gasteiger partial charge in [0.15, 0.2) is 0 Å². The minimum atomic E-state index is -3.37. The van der Waals surface area contributed by atoms with E-state index in [1.165, 1.54) is 0 Å². The van der Waals surface area contributed by atoms with Crippen LogP contribution >= 0.6 is 15.2 Å². The van der Waals surface area contributed by atoms with E-state index in [9.17, 15) is 9.13 Å². The summed E-state index contributed by atoms with van der Waals surface area (Å²) in [6.07, 6.45) is 4.69. The molecular weight excluding hydrogens is 362 g/mol. The normalized spacial score (nSPS) is 33.9. The Bertz CT molecular complexity index is 613. The molecule has 5 rings (SSSR count). The highest BCUT2D eigenvalue weighted by Gasteiger charge is 2.72. The van der Waals surface area contributed by atoms with Crippen molar-refractivity contribution in [1.82, 2.24) is 0 Å². The Labute approximate surface area is 150 Å². The summed E-state index contributed by atoms with van der Waals surface area (Å²) in [4.78, 5) is 0. The first-order valence-electron chi connectivity index (χ1n) is 9.40. The molecule has 4 bridgehead atoms. The summed E-state index contributed by atoms with van der Waals surface area (Å²) in [6.45, 7) is 8.62. The highest BCUT2D eigenvalue weighted by atomic mass is 31.2. The van der Waals surface area contributed by atoms with Gasteiger partial charge in [-0.2, -0.15) is 0 Å². The van der Waals surface area contributed by atoms with Gasteiger partial charge < -0.3 is 18.1 Å². The molecule has 8 heteroatoms. The van der Waals surface area contributed by atoms with E-state index in [1.54, 1.807) is 0 Å². The Kier molecular flexibility index (Phi) is 5.72. The smallest absolute Gasteiger partial charge is 0.308 e. The fourth-order valence-corrected chi connectivity index (χ4v) is 10.4. The zero-order chi connectivity index (χ0) is 18.3. The van der Waals surface area contributed by atoms with Crippen molar-refractivity contribution in [2.75, 3.05) is 26.4 Å². The minimum Gasteiger partial charge on any atom is -0.308 e. The Morgan fingerprint density at radius 1 is 0.960 bits per heavy atom. The molecule has 0 aromatic heterocycles. The van der Waals surface area contributed by atoms with E-state index in [2.05, 4.69) is 6.08 Å². The SMILES string of the molecule is CCOP(=O)(OCC)C1=CC2CC3CC(P(=O)(OCC)OCC)(C2)C13. The molecule has 3 saturated carbocycles. The lowest BCUT2D eigenvalue weighted by molar-refractivity contribution is 0.000601. The van der Waals surface area contributed by atoms with Crippen LogP contribution in [0.15, 0.2) is 11.4 Å². The highest BCUT2D eigenvalue weighted by Crippen LogP contribution is 2.83. The summed E-state index contributed by atoms with van der Waals surface area (Å²) in [6, 6.07) is 0. The molecule has 3 fully saturated rings. The van der Waals surface area contributed by atoms with Gasteiger partial charge in [-0.05, 0) is 58.8 Å². The van der Waals surface area contributed by atoms with E-state index in [0.29, 0.717) is 32.3 Å². The van der Waals surface area contributed by atoms with E-state index in [1.807, 2.05) is 27.7 Å². The van der Waals surface area contributed by atoms with Crippen molar-refractivity contribution in [1.29, 1.82) is 0 Å². The second kappa shape index (κ2) is 7.22. The van der Waals surface area contributed by atoms with Crippen LogP contribution in [0.3, 0.4) is 0 Å². The molecule has 0 amide bonds. The zero-order valence-electron chi connectivity index (χ0n) is 15.6. The van der Waals surface area contributed by atoms with Crippen molar-refractivity contribution >= 4 is 15.2 Å². The van der Waals surface area contributed by atoms with Gasteiger partial charge in [-0.25, -0.2) is 0 Å². The Balaban J connectivity index is 2.01. The second-order valence-corrected chi connectivity index (χ2v) is 11.4. The topological polar surface area (TPSA) is 71.1 Å². The van der Waals surface area contributed by atoms with Crippen LogP contribution in [-0.2, 0) is 27.2 Å². The van der Waals surface area contributed by atoms with Crippen molar-refractivity contribution in [3.8, 4) is 0 Å². The zero-order valence-corrected chi connectivity index (χ0v) is 17.4. The first-order valence-corrected chi connectivity index (χ1v) is 12.5. The predicted octanol–water partition coefficient (Wildman–Crippen LogP) is 5.20. The standard InChI is InChI=1S/C17H30O6P2/c1-5-20-24(18,21-6-2)15-10-13-9-14-12-17(11-13,16(14)15)25(19,22-7-3)23-8-4/h10,13-14,16H,5-9,11-12H2,1-4H3. The summed E-state index contributed by atoms with van der Waals surface area (Å²) in [7, 11) is -6.67. The van der Waals surface area contributed by atoms with Crippen molar-refractivity contribution in [3.05, 3.63) is 11.4 Å². The van der Waals surface area contributed by atoms with Gasteiger partial charge >= 0.3 is 15.2 Å². The fourth-order valence-electron chi connectivity index (χ4n) is 5.14. The molecule has 0 saturated heterocycles. The summed E-state index contributed by atoms with van der Waals surface area (Å²) < 4.78 is 49.7. The molecule has 0 aliphatic heterocycles. The second-order valence-electron chi connectivity index (χ2n) is 7.00. The number of hydrogen-bond acceptors (Lipinski definition) is 6. The largest absolute Gasteiger partial charge is 0.357 e. The van der Waals surface area contributed by atoms with E-state index >= 15 is 0 Å². The molecule has 4 atom stereocenters. The maximum Gasteiger partial charge on any atom is 0.357 e. The molecule has 144 valence electrons. The summed E-state index contributed by atoms with van der Waals surface area (Å²) in [5.74, 6) is 0.509. The lowest BCUT2D eigenvalue weighted by Gasteiger charge is -2.65. The summed E-state index contributed by atoms with van der Waals surface area (Å²) >= 11 is 0. The lowest BCUT2D eigenvalue weighted by atomic mass is 9.50. The van der Waals surface area contributed by atoms with Gasteiger partial charge in [-0.1, -0.05) is 6.08 Å². The van der Waals surface area contributed by atoms with E-state index in [0.717, 1.165) is 24.6 Å². The van der Waals surface area contributed by atoms with Gasteiger partial charge in [0.25, 0.3) is 0 Å². The van der Waals surface area contributed by atoms with E-state index < -0.39 is 20.3 Å². The van der Waals surface area contributed by atoms with Gasteiger partial charge in [0.2, 0.25) is 0 Å².